The van der Waals surface area contributed by atoms with Crippen molar-refractivity contribution in [1.82, 2.24) is 4.68 Å². The predicted molar refractivity (Wildman–Crippen MR) is 74.4 cm³/mol. The molecule has 0 atom stereocenters. The molecular weight excluding hydrogens is 262 g/mol. The molecule has 20 heavy (non-hydrogen) atoms. The summed E-state index contributed by atoms with van der Waals surface area (Å²) in [6.45, 7) is 3.92. The van der Waals surface area contributed by atoms with E-state index in [1.54, 1.807) is 0 Å². The quantitative estimate of drug-likeness (QED) is 0.897. The molecule has 0 spiro atoms. The van der Waals surface area contributed by atoms with Crippen LogP contribution in [0.15, 0.2) is 23.0 Å². The summed E-state index contributed by atoms with van der Waals surface area (Å²) in [5.41, 5.74) is 2.44. The Hall–Kier alpha value is -2.37. The highest BCUT2D eigenvalue weighted by molar-refractivity contribution is 6.04. The molecule has 0 unspecified atom stereocenters. The van der Waals surface area contributed by atoms with Crippen molar-refractivity contribution in [2.24, 2.45) is 0 Å². The van der Waals surface area contributed by atoms with Crippen LogP contribution in [0, 0.1) is 12.7 Å². The van der Waals surface area contributed by atoms with E-state index in [0.717, 1.165) is 17.2 Å². The molecule has 0 fully saturated rings. The van der Waals surface area contributed by atoms with E-state index in [-0.39, 0.29) is 22.0 Å². The van der Waals surface area contributed by atoms with Gasteiger partial charge in [0.25, 0.3) is 5.56 Å². The summed E-state index contributed by atoms with van der Waals surface area (Å²) in [5, 5.41) is 9.24. The molecular formula is C14H15FN2O3. The average Bonchev–Trinajstić information content (AvgIpc) is 2.38. The molecule has 0 aliphatic heterocycles. The molecule has 2 N–H and O–H groups in total. The Morgan fingerprint density at radius 1 is 1.45 bits per heavy atom. The lowest BCUT2D eigenvalue weighted by molar-refractivity contribution is 0.0697. The minimum Gasteiger partial charge on any atom is -0.478 e. The van der Waals surface area contributed by atoms with Crippen molar-refractivity contribution in [2.45, 2.75) is 20.3 Å². The Morgan fingerprint density at radius 3 is 2.75 bits per heavy atom. The molecule has 0 aliphatic carbocycles. The number of fused-ring (bicyclic) bond motifs is 1. The SMILES string of the molecule is CC[11CH2]Nn1c(C)c(C(=O)O)c2cccc(F)c2c1=O. The first-order valence-electron chi connectivity index (χ1n) is 6.30. The number of carbonyl (C=O) groups is 1. The van der Waals surface area contributed by atoms with Crippen LogP contribution >= 0.6 is 0 Å². The molecule has 0 saturated heterocycles. The lowest BCUT2D eigenvalue weighted by atomic mass is 10.0. The van der Waals surface area contributed by atoms with Crippen LogP contribution in [0.1, 0.15) is 29.4 Å². The second kappa shape index (κ2) is 5.32. The zero-order valence-corrected chi connectivity index (χ0v) is 11.2. The number of rotatable bonds is 4. The molecule has 0 amide bonds. The maximum absolute atomic E-state index is 13.9. The molecule has 0 aliphatic rings. The molecule has 0 bridgehead atoms. The van der Waals surface area contributed by atoms with Gasteiger partial charge in [-0.2, -0.15) is 0 Å². The largest absolute Gasteiger partial charge is 0.478 e. The van der Waals surface area contributed by atoms with Gasteiger partial charge < -0.3 is 10.5 Å². The molecule has 1 heterocycles. The van der Waals surface area contributed by atoms with Crippen molar-refractivity contribution < 1.29 is 14.3 Å². The van der Waals surface area contributed by atoms with E-state index >= 15 is 0 Å². The third-order valence-electron chi connectivity index (χ3n) is 3.13. The lowest BCUT2D eigenvalue weighted by Crippen LogP contribution is -2.33. The number of aromatic nitrogens is 1. The van der Waals surface area contributed by atoms with Gasteiger partial charge in [-0.15, -0.1) is 0 Å². The van der Waals surface area contributed by atoms with E-state index in [9.17, 15) is 19.1 Å². The predicted octanol–water partition coefficient (Wildman–Crippen LogP) is 2.10. The van der Waals surface area contributed by atoms with Gasteiger partial charge in [0.1, 0.15) is 5.82 Å². The number of pyridine rings is 1. The maximum atomic E-state index is 13.9. The highest BCUT2D eigenvalue weighted by Crippen LogP contribution is 2.21. The van der Waals surface area contributed by atoms with Crippen LogP contribution in [0.3, 0.4) is 0 Å². The van der Waals surface area contributed by atoms with Gasteiger partial charge in [0, 0.05) is 11.9 Å². The first kappa shape index (κ1) is 14.0. The Kier molecular flexibility index (Phi) is 3.74. The van der Waals surface area contributed by atoms with Crippen molar-refractivity contribution in [3.63, 3.8) is 0 Å². The van der Waals surface area contributed by atoms with Crippen LogP contribution < -0.4 is 11.0 Å². The van der Waals surface area contributed by atoms with Crippen LogP contribution in [-0.2, 0) is 0 Å². The maximum Gasteiger partial charge on any atom is 0.338 e. The molecule has 6 heteroatoms. The van der Waals surface area contributed by atoms with E-state index in [2.05, 4.69) is 5.43 Å². The minimum absolute atomic E-state index is 0.0669. The third kappa shape index (κ3) is 2.13. The summed E-state index contributed by atoms with van der Waals surface area (Å²) in [6.07, 6.45) is 0.754. The Labute approximate surface area is 114 Å². The van der Waals surface area contributed by atoms with Gasteiger partial charge in [-0.25, -0.2) is 13.9 Å². The van der Waals surface area contributed by atoms with E-state index in [1.807, 2.05) is 6.92 Å². The van der Waals surface area contributed by atoms with Crippen LogP contribution in [0.25, 0.3) is 10.8 Å². The van der Waals surface area contributed by atoms with E-state index in [0.29, 0.717) is 6.54 Å². The van der Waals surface area contributed by atoms with Crippen molar-refractivity contribution >= 4 is 16.7 Å². The topological polar surface area (TPSA) is 71.3 Å². The highest BCUT2D eigenvalue weighted by atomic mass is 19.1. The van der Waals surface area contributed by atoms with Crippen molar-refractivity contribution in [3.8, 4) is 0 Å². The molecule has 5 nitrogen and oxygen atoms in total. The second-order valence-electron chi connectivity index (χ2n) is 4.48. The lowest BCUT2D eigenvalue weighted by Gasteiger charge is -2.16. The summed E-state index contributed by atoms with van der Waals surface area (Å²) in [6, 6.07) is 3.99. The summed E-state index contributed by atoms with van der Waals surface area (Å²) in [4.78, 5) is 23.7. The van der Waals surface area contributed by atoms with Crippen LogP contribution in [0.5, 0.6) is 0 Å². The number of benzene rings is 1. The smallest absolute Gasteiger partial charge is 0.338 e. The standard InChI is InChI=1S/C14H15FN2O3/c1-3-7-16-17-8(2)11(14(19)20)9-5-4-6-10(15)12(9)13(17)18/h4-6,16H,3,7H2,1-2H3,(H,19,20)/i7-1. The van der Waals surface area contributed by atoms with Gasteiger partial charge in [-0.3, -0.25) is 4.79 Å². The molecule has 2 rings (SSSR count). The number of nitrogens with one attached hydrogen (secondary N) is 1. The van der Waals surface area contributed by atoms with Gasteiger partial charge in [-0.05, 0) is 19.4 Å². The zero-order valence-electron chi connectivity index (χ0n) is 11.2. The van der Waals surface area contributed by atoms with Gasteiger partial charge in [0.05, 0.1) is 16.6 Å². The summed E-state index contributed by atoms with van der Waals surface area (Å²) in [7, 11) is 0. The first-order chi connectivity index (χ1) is 9.49. The summed E-state index contributed by atoms with van der Waals surface area (Å²) < 4.78 is 15.0. The normalized spacial score (nSPS) is 10.8. The number of halogens is 1. The summed E-state index contributed by atoms with van der Waals surface area (Å²) in [5.74, 6) is -1.91. The van der Waals surface area contributed by atoms with E-state index in [1.165, 1.54) is 19.1 Å². The fourth-order valence-electron chi connectivity index (χ4n) is 2.20. The van der Waals surface area contributed by atoms with Crippen molar-refractivity contribution in [1.29, 1.82) is 0 Å². The average molecular weight is 277 g/mol. The fourth-order valence-corrected chi connectivity index (χ4v) is 2.20. The number of aromatic carboxylic acids is 1. The van der Waals surface area contributed by atoms with Gasteiger partial charge in [0.2, 0.25) is 0 Å². The number of hydrogen-bond acceptors (Lipinski definition) is 3. The van der Waals surface area contributed by atoms with Crippen LogP contribution in [0.2, 0.25) is 0 Å². The first-order valence-corrected chi connectivity index (χ1v) is 6.30. The Balaban J connectivity index is 2.91. The number of carboxylic acid groups (broad SMARTS) is 1. The van der Waals surface area contributed by atoms with E-state index in [4.69, 9.17) is 0 Å². The monoisotopic (exact) mass is 277 g/mol. The molecule has 2 aromatic rings. The fraction of sp³-hybridized carbons (Fsp3) is 0.286. The molecule has 0 saturated carbocycles. The van der Waals surface area contributed by atoms with Gasteiger partial charge in [0.15, 0.2) is 0 Å². The highest BCUT2D eigenvalue weighted by Gasteiger charge is 2.20. The molecule has 1 aromatic heterocycles. The van der Waals surface area contributed by atoms with Gasteiger partial charge in [-0.1, -0.05) is 19.1 Å². The number of hydrogen-bond donors (Lipinski definition) is 2. The Morgan fingerprint density at radius 2 is 2.15 bits per heavy atom. The van der Waals surface area contributed by atoms with Crippen LogP contribution in [0.4, 0.5) is 4.39 Å². The molecule has 1 aromatic carbocycles. The Bertz CT molecular complexity index is 737. The minimum atomic E-state index is -1.19. The summed E-state index contributed by atoms with van der Waals surface area (Å²) >= 11 is 0. The number of nitrogens with zero attached hydrogens (tertiary/aromatic N) is 1. The molecule has 106 valence electrons. The van der Waals surface area contributed by atoms with E-state index < -0.39 is 17.3 Å². The molecule has 0 radical (unpaired) electrons. The van der Waals surface area contributed by atoms with Crippen LogP contribution in [-0.4, -0.2) is 22.3 Å². The number of carboxylic acids is 1. The third-order valence-corrected chi connectivity index (χ3v) is 3.13. The second-order valence-corrected chi connectivity index (χ2v) is 4.48. The van der Waals surface area contributed by atoms with Gasteiger partial charge >= 0.3 is 5.97 Å². The van der Waals surface area contributed by atoms with Crippen molar-refractivity contribution in [3.05, 3.63) is 45.6 Å². The van der Waals surface area contributed by atoms with Crippen molar-refractivity contribution in [2.75, 3.05) is 12.0 Å². The zero-order chi connectivity index (χ0) is 14.9.